The van der Waals surface area contributed by atoms with Crippen molar-refractivity contribution >= 4 is 0 Å². The fourth-order valence-electron chi connectivity index (χ4n) is 2.24. The van der Waals surface area contributed by atoms with Crippen LogP contribution in [0.1, 0.15) is 74.9 Å². The lowest BCUT2D eigenvalue weighted by Gasteiger charge is -1.98. The zero-order valence-corrected chi connectivity index (χ0v) is 22.1. The first-order chi connectivity index (χ1) is 16.0. The Labute approximate surface area is 203 Å². The molecule has 0 bridgehead atoms. The highest BCUT2D eigenvalue weighted by molar-refractivity contribution is 5.36. The van der Waals surface area contributed by atoms with Crippen LogP contribution in [0.2, 0.25) is 0 Å². The van der Waals surface area contributed by atoms with Crippen LogP contribution in [0.25, 0.3) is 0 Å². The van der Waals surface area contributed by atoms with E-state index in [1.807, 2.05) is 116 Å². The Morgan fingerprint density at radius 3 is 1.06 bits per heavy atom. The molecule has 3 rings (SSSR count). The SMILES string of the molecule is CC.CC.CC.Cc1ccccc1C#N.Cc1ccccc1C#N.Cc1ccccc1CN. The number of hydrogen-bond acceptors (Lipinski definition) is 3. The van der Waals surface area contributed by atoms with Crippen LogP contribution in [0, 0.1) is 43.4 Å². The molecule has 0 aliphatic carbocycles. The maximum atomic E-state index is 8.47. The van der Waals surface area contributed by atoms with Gasteiger partial charge in [-0.2, -0.15) is 10.5 Å². The first kappa shape index (κ1) is 34.2. The molecule has 3 aromatic carbocycles. The molecule has 0 aromatic heterocycles. The molecular formula is C30H43N3. The minimum atomic E-state index is 0.646. The average Bonchev–Trinajstić information content (AvgIpc) is 2.89. The second-order valence-electron chi connectivity index (χ2n) is 5.98. The summed E-state index contributed by atoms with van der Waals surface area (Å²) in [7, 11) is 0. The minimum absolute atomic E-state index is 0.646. The third kappa shape index (κ3) is 16.0. The van der Waals surface area contributed by atoms with E-state index in [2.05, 4.69) is 31.2 Å². The van der Waals surface area contributed by atoms with Crippen molar-refractivity contribution < 1.29 is 0 Å². The summed E-state index contributed by atoms with van der Waals surface area (Å²) in [5, 5.41) is 16.9. The van der Waals surface area contributed by atoms with Gasteiger partial charge in [-0.15, -0.1) is 0 Å². The van der Waals surface area contributed by atoms with Crippen LogP contribution in [0.15, 0.2) is 72.8 Å². The summed E-state index contributed by atoms with van der Waals surface area (Å²) >= 11 is 0. The summed E-state index contributed by atoms with van der Waals surface area (Å²) in [4.78, 5) is 0. The Hall–Kier alpha value is -3.40. The molecule has 0 atom stereocenters. The van der Waals surface area contributed by atoms with E-state index in [-0.39, 0.29) is 0 Å². The highest BCUT2D eigenvalue weighted by Crippen LogP contribution is 2.05. The molecule has 178 valence electrons. The fourth-order valence-corrected chi connectivity index (χ4v) is 2.24. The number of nitrogens with two attached hydrogens (primary N) is 1. The van der Waals surface area contributed by atoms with Crippen molar-refractivity contribution in [2.45, 2.75) is 68.9 Å². The maximum Gasteiger partial charge on any atom is 0.0994 e. The van der Waals surface area contributed by atoms with Crippen LogP contribution in [-0.2, 0) is 6.54 Å². The van der Waals surface area contributed by atoms with E-state index in [1.54, 1.807) is 0 Å². The lowest BCUT2D eigenvalue weighted by molar-refractivity contribution is 1.05. The van der Waals surface area contributed by atoms with Crippen LogP contribution in [0.5, 0.6) is 0 Å². The van der Waals surface area contributed by atoms with E-state index in [0.717, 1.165) is 22.3 Å². The van der Waals surface area contributed by atoms with E-state index in [1.165, 1.54) is 11.1 Å². The summed E-state index contributed by atoms with van der Waals surface area (Å²) in [6, 6.07) is 27.4. The highest BCUT2D eigenvalue weighted by atomic mass is 14.5. The second kappa shape index (κ2) is 24.9. The molecule has 0 fully saturated rings. The fraction of sp³-hybridized carbons (Fsp3) is 0.333. The molecule has 0 aliphatic rings. The van der Waals surface area contributed by atoms with Gasteiger partial charge in [-0.1, -0.05) is 102 Å². The van der Waals surface area contributed by atoms with Gasteiger partial charge in [-0.05, 0) is 55.2 Å². The van der Waals surface area contributed by atoms with Crippen molar-refractivity contribution in [2.24, 2.45) is 5.73 Å². The van der Waals surface area contributed by atoms with Crippen molar-refractivity contribution in [3.63, 3.8) is 0 Å². The van der Waals surface area contributed by atoms with Gasteiger partial charge in [0.1, 0.15) is 0 Å². The van der Waals surface area contributed by atoms with Gasteiger partial charge in [0, 0.05) is 6.54 Å². The molecule has 3 aromatic rings. The highest BCUT2D eigenvalue weighted by Gasteiger charge is 1.91. The zero-order valence-electron chi connectivity index (χ0n) is 22.1. The lowest BCUT2D eigenvalue weighted by atomic mass is 10.1. The van der Waals surface area contributed by atoms with E-state index in [0.29, 0.717) is 6.54 Å². The minimum Gasteiger partial charge on any atom is -0.326 e. The van der Waals surface area contributed by atoms with Gasteiger partial charge < -0.3 is 5.73 Å². The summed E-state index contributed by atoms with van der Waals surface area (Å²) in [6.07, 6.45) is 0. The predicted molar refractivity (Wildman–Crippen MR) is 145 cm³/mol. The van der Waals surface area contributed by atoms with Crippen molar-refractivity contribution in [2.75, 3.05) is 0 Å². The Bertz CT molecular complexity index is 868. The summed E-state index contributed by atoms with van der Waals surface area (Å²) in [5.41, 5.74) is 11.6. The smallest absolute Gasteiger partial charge is 0.0994 e. The van der Waals surface area contributed by atoms with Gasteiger partial charge in [-0.25, -0.2) is 0 Å². The normalized spacial score (nSPS) is 7.76. The molecule has 3 heteroatoms. The van der Waals surface area contributed by atoms with Gasteiger partial charge in [0.05, 0.1) is 23.3 Å². The summed E-state index contributed by atoms with van der Waals surface area (Å²) in [6.45, 7) is 18.6. The third-order valence-corrected chi connectivity index (χ3v) is 4.01. The Morgan fingerprint density at radius 1 is 0.545 bits per heavy atom. The van der Waals surface area contributed by atoms with E-state index in [4.69, 9.17) is 16.3 Å². The van der Waals surface area contributed by atoms with E-state index < -0.39 is 0 Å². The third-order valence-electron chi connectivity index (χ3n) is 4.01. The van der Waals surface area contributed by atoms with Crippen LogP contribution in [-0.4, -0.2) is 0 Å². The monoisotopic (exact) mass is 445 g/mol. The average molecular weight is 446 g/mol. The molecule has 0 amide bonds. The number of aryl methyl sites for hydroxylation is 3. The number of nitrogens with zero attached hydrogens (tertiary/aromatic N) is 2. The lowest BCUT2D eigenvalue weighted by Crippen LogP contribution is -1.97. The van der Waals surface area contributed by atoms with Crippen LogP contribution in [0.4, 0.5) is 0 Å². The second-order valence-corrected chi connectivity index (χ2v) is 5.98. The van der Waals surface area contributed by atoms with Crippen molar-refractivity contribution in [1.82, 2.24) is 0 Å². The van der Waals surface area contributed by atoms with Gasteiger partial charge in [0.25, 0.3) is 0 Å². The van der Waals surface area contributed by atoms with Crippen LogP contribution < -0.4 is 5.73 Å². The quantitative estimate of drug-likeness (QED) is 0.409. The molecule has 33 heavy (non-hydrogen) atoms. The number of rotatable bonds is 1. The number of nitriles is 2. The Morgan fingerprint density at radius 2 is 0.848 bits per heavy atom. The van der Waals surface area contributed by atoms with Crippen LogP contribution in [0.3, 0.4) is 0 Å². The molecule has 0 unspecified atom stereocenters. The van der Waals surface area contributed by atoms with Crippen molar-refractivity contribution in [3.05, 3.63) is 106 Å². The van der Waals surface area contributed by atoms with E-state index >= 15 is 0 Å². The summed E-state index contributed by atoms with van der Waals surface area (Å²) in [5.74, 6) is 0. The maximum absolute atomic E-state index is 8.47. The molecule has 0 heterocycles. The molecule has 2 N–H and O–H groups in total. The van der Waals surface area contributed by atoms with Gasteiger partial charge in [0.2, 0.25) is 0 Å². The van der Waals surface area contributed by atoms with E-state index in [9.17, 15) is 0 Å². The van der Waals surface area contributed by atoms with Crippen molar-refractivity contribution in [3.8, 4) is 12.1 Å². The molecule has 0 aliphatic heterocycles. The largest absolute Gasteiger partial charge is 0.326 e. The predicted octanol–water partition coefficient (Wildman–Crippen LogP) is 8.27. The Balaban J connectivity index is -0.000000367. The van der Waals surface area contributed by atoms with Crippen molar-refractivity contribution in [1.29, 1.82) is 10.5 Å². The summed E-state index contributed by atoms with van der Waals surface area (Å²) < 4.78 is 0. The van der Waals surface area contributed by atoms with Gasteiger partial charge >= 0.3 is 0 Å². The molecule has 0 saturated heterocycles. The first-order valence-corrected chi connectivity index (χ1v) is 11.7. The molecule has 0 spiro atoms. The molecule has 0 saturated carbocycles. The van der Waals surface area contributed by atoms with Crippen LogP contribution >= 0.6 is 0 Å². The van der Waals surface area contributed by atoms with Gasteiger partial charge in [-0.3, -0.25) is 0 Å². The molecular weight excluding hydrogens is 402 g/mol. The standard InChI is InChI=1S/C8H11N.2C8H7N.3C2H6/c3*1-7-4-2-3-5-8(7)6-9;3*1-2/h2-5H,6,9H2,1H3;2*2-5H,1H3;3*1-2H3. The molecule has 3 nitrogen and oxygen atoms in total. The van der Waals surface area contributed by atoms with Gasteiger partial charge in [0.15, 0.2) is 0 Å². The Kier molecular flexibility index (Phi) is 25.8. The topological polar surface area (TPSA) is 73.6 Å². The molecule has 0 radical (unpaired) electrons. The first-order valence-electron chi connectivity index (χ1n) is 11.7. The zero-order chi connectivity index (χ0) is 26.1. The number of benzene rings is 3. The number of hydrogen-bond donors (Lipinski definition) is 1.